The molecular weight excluding hydrogens is 366 g/mol. The summed E-state index contributed by atoms with van der Waals surface area (Å²) in [5.74, 6) is -1.53. The van der Waals surface area contributed by atoms with E-state index in [-0.39, 0.29) is 24.2 Å². The Morgan fingerprint density at radius 3 is 2.79 bits per heavy atom. The number of carbonyl (C=O) groups excluding carboxylic acids is 2. The number of rotatable bonds is 4. The van der Waals surface area contributed by atoms with Crippen molar-refractivity contribution in [2.45, 2.75) is 26.4 Å². The number of nitrogens with zero attached hydrogens (tertiary/aromatic N) is 2. The third-order valence-electron chi connectivity index (χ3n) is 4.62. The van der Waals surface area contributed by atoms with E-state index in [9.17, 15) is 18.4 Å². The van der Waals surface area contributed by atoms with Gasteiger partial charge in [0.25, 0.3) is 0 Å². The van der Waals surface area contributed by atoms with Gasteiger partial charge in [0, 0.05) is 11.1 Å². The minimum Gasteiger partial charge on any atom is -0.348 e. The van der Waals surface area contributed by atoms with Crippen LogP contribution in [0.5, 0.6) is 0 Å². The van der Waals surface area contributed by atoms with Crippen LogP contribution in [-0.2, 0) is 11.3 Å². The van der Waals surface area contributed by atoms with E-state index < -0.39 is 29.6 Å². The molecule has 0 fully saturated rings. The van der Waals surface area contributed by atoms with Crippen LogP contribution < -0.4 is 10.6 Å². The summed E-state index contributed by atoms with van der Waals surface area (Å²) in [6.45, 7) is 2.87. The van der Waals surface area contributed by atoms with Gasteiger partial charge in [0.2, 0.25) is 5.91 Å². The molecule has 0 spiro atoms. The molecule has 0 saturated heterocycles. The summed E-state index contributed by atoms with van der Waals surface area (Å²) in [4.78, 5) is 25.7. The number of carbonyl (C=O) groups is 2. The third kappa shape index (κ3) is 3.78. The Bertz CT molecular complexity index is 1000. The molecular formula is C20H18F2N4O2. The second-order valence-electron chi connectivity index (χ2n) is 6.65. The summed E-state index contributed by atoms with van der Waals surface area (Å²) >= 11 is 0. The molecule has 3 rings (SSSR count). The van der Waals surface area contributed by atoms with Crippen LogP contribution >= 0.6 is 0 Å². The minimum atomic E-state index is -0.667. The maximum absolute atomic E-state index is 14.3. The molecule has 3 amide bonds. The molecule has 0 aromatic heterocycles. The van der Waals surface area contributed by atoms with Crippen LogP contribution in [0, 0.1) is 29.9 Å². The SMILES string of the molecule is Cc1ccc2c(c1F)CN(CC(=O)N[C@@H](C)c1ccc(C#N)cc1F)C(=O)N2. The highest BCUT2D eigenvalue weighted by Gasteiger charge is 2.27. The molecule has 0 bridgehead atoms. The lowest BCUT2D eigenvalue weighted by Crippen LogP contribution is -2.45. The molecule has 1 atom stereocenters. The molecule has 0 radical (unpaired) electrons. The van der Waals surface area contributed by atoms with Crippen molar-refractivity contribution in [2.75, 3.05) is 11.9 Å². The second kappa shape index (κ2) is 7.64. The second-order valence-corrected chi connectivity index (χ2v) is 6.65. The van der Waals surface area contributed by atoms with Gasteiger partial charge in [-0.25, -0.2) is 13.6 Å². The highest BCUT2D eigenvalue weighted by Crippen LogP contribution is 2.27. The zero-order valence-electron chi connectivity index (χ0n) is 15.3. The summed E-state index contributed by atoms with van der Waals surface area (Å²) in [6, 6.07) is 7.85. The first-order chi connectivity index (χ1) is 13.3. The minimum absolute atomic E-state index is 0.0400. The Kier molecular flexibility index (Phi) is 5.27. The average Bonchev–Trinajstić information content (AvgIpc) is 2.65. The average molecular weight is 384 g/mol. The quantitative estimate of drug-likeness (QED) is 0.848. The lowest BCUT2D eigenvalue weighted by Gasteiger charge is -2.30. The summed E-state index contributed by atoms with van der Waals surface area (Å²) < 4.78 is 28.4. The maximum Gasteiger partial charge on any atom is 0.322 e. The molecule has 2 aromatic rings. The zero-order chi connectivity index (χ0) is 20.4. The van der Waals surface area contributed by atoms with Crippen LogP contribution in [0.4, 0.5) is 19.3 Å². The first-order valence-corrected chi connectivity index (χ1v) is 8.63. The van der Waals surface area contributed by atoms with Crippen LogP contribution in [0.25, 0.3) is 0 Å². The number of hydrogen-bond acceptors (Lipinski definition) is 3. The maximum atomic E-state index is 14.3. The smallest absolute Gasteiger partial charge is 0.322 e. The standard InChI is InChI=1S/C20H18F2N4O2/c1-11-3-6-17-15(19(11)22)9-26(20(28)25-17)10-18(27)24-12(2)14-5-4-13(8-23)7-16(14)21/h3-7,12H,9-10H2,1-2H3,(H,24,27)(H,25,28)/t12-/m0/s1. The molecule has 1 aliphatic rings. The van der Waals surface area contributed by atoms with Gasteiger partial charge in [0.05, 0.1) is 29.9 Å². The molecule has 0 aliphatic carbocycles. The fraction of sp³-hybridized carbons (Fsp3) is 0.250. The van der Waals surface area contributed by atoms with Crippen LogP contribution in [0.3, 0.4) is 0 Å². The van der Waals surface area contributed by atoms with E-state index in [2.05, 4.69) is 10.6 Å². The number of amides is 3. The van der Waals surface area contributed by atoms with E-state index in [0.717, 1.165) is 6.07 Å². The van der Waals surface area contributed by atoms with Gasteiger partial charge >= 0.3 is 6.03 Å². The number of benzene rings is 2. The fourth-order valence-corrected chi connectivity index (χ4v) is 3.08. The fourth-order valence-electron chi connectivity index (χ4n) is 3.08. The van der Waals surface area contributed by atoms with Gasteiger partial charge in [-0.05, 0) is 37.6 Å². The van der Waals surface area contributed by atoms with Gasteiger partial charge in [0.1, 0.15) is 18.2 Å². The molecule has 2 N–H and O–H groups in total. The van der Waals surface area contributed by atoms with Crippen LogP contribution in [0.15, 0.2) is 30.3 Å². The van der Waals surface area contributed by atoms with Crippen molar-refractivity contribution in [1.29, 1.82) is 5.26 Å². The summed E-state index contributed by atoms with van der Waals surface area (Å²) in [5, 5.41) is 14.0. The molecule has 0 saturated carbocycles. The van der Waals surface area contributed by atoms with E-state index in [0.29, 0.717) is 16.8 Å². The van der Waals surface area contributed by atoms with E-state index >= 15 is 0 Å². The Hall–Kier alpha value is -3.47. The molecule has 8 heteroatoms. The summed E-state index contributed by atoms with van der Waals surface area (Å²) in [5.41, 5.74) is 1.56. The topological polar surface area (TPSA) is 85.2 Å². The normalized spacial score (nSPS) is 14.0. The van der Waals surface area contributed by atoms with Crippen molar-refractivity contribution < 1.29 is 18.4 Å². The Labute approximate surface area is 160 Å². The molecule has 1 heterocycles. The summed E-state index contributed by atoms with van der Waals surface area (Å²) in [7, 11) is 0. The number of halogens is 2. The van der Waals surface area contributed by atoms with Crippen molar-refractivity contribution in [1.82, 2.24) is 10.2 Å². The number of aryl methyl sites for hydroxylation is 1. The Balaban J connectivity index is 1.68. The van der Waals surface area contributed by atoms with E-state index in [1.54, 1.807) is 26.0 Å². The molecule has 6 nitrogen and oxygen atoms in total. The zero-order valence-corrected chi connectivity index (χ0v) is 15.3. The number of hydrogen-bond donors (Lipinski definition) is 2. The lowest BCUT2D eigenvalue weighted by atomic mass is 10.0. The highest BCUT2D eigenvalue weighted by atomic mass is 19.1. The molecule has 2 aromatic carbocycles. The Morgan fingerprint density at radius 1 is 1.36 bits per heavy atom. The van der Waals surface area contributed by atoms with Crippen LogP contribution in [0.1, 0.15) is 35.2 Å². The number of anilines is 1. The molecule has 144 valence electrons. The molecule has 1 aliphatic heterocycles. The molecule has 0 unspecified atom stereocenters. The van der Waals surface area contributed by atoms with Gasteiger partial charge in [-0.2, -0.15) is 5.26 Å². The lowest BCUT2D eigenvalue weighted by molar-refractivity contribution is -0.122. The number of nitriles is 1. The van der Waals surface area contributed by atoms with Crippen molar-refractivity contribution >= 4 is 17.6 Å². The predicted molar refractivity (Wildman–Crippen MR) is 98.2 cm³/mol. The summed E-state index contributed by atoms with van der Waals surface area (Å²) in [6.07, 6.45) is 0. The monoisotopic (exact) mass is 384 g/mol. The van der Waals surface area contributed by atoms with Crippen molar-refractivity contribution in [2.24, 2.45) is 0 Å². The predicted octanol–water partition coefficient (Wildman–Crippen LogP) is 3.37. The number of nitrogens with one attached hydrogen (secondary N) is 2. The van der Waals surface area contributed by atoms with Gasteiger partial charge in [0.15, 0.2) is 0 Å². The van der Waals surface area contributed by atoms with Gasteiger partial charge < -0.3 is 15.5 Å². The van der Waals surface area contributed by atoms with Crippen molar-refractivity contribution in [3.63, 3.8) is 0 Å². The molecule has 28 heavy (non-hydrogen) atoms. The van der Waals surface area contributed by atoms with Gasteiger partial charge in [-0.1, -0.05) is 12.1 Å². The van der Waals surface area contributed by atoms with Crippen LogP contribution in [0.2, 0.25) is 0 Å². The largest absolute Gasteiger partial charge is 0.348 e. The first-order valence-electron chi connectivity index (χ1n) is 8.63. The van der Waals surface area contributed by atoms with Crippen LogP contribution in [-0.4, -0.2) is 23.4 Å². The Morgan fingerprint density at radius 2 is 2.11 bits per heavy atom. The number of fused-ring (bicyclic) bond motifs is 1. The number of urea groups is 1. The van der Waals surface area contributed by atoms with Crippen molar-refractivity contribution in [3.05, 3.63) is 64.2 Å². The first kappa shape index (κ1) is 19.3. The van der Waals surface area contributed by atoms with Gasteiger partial charge in [-0.15, -0.1) is 0 Å². The third-order valence-corrected chi connectivity index (χ3v) is 4.62. The van der Waals surface area contributed by atoms with Gasteiger partial charge in [-0.3, -0.25) is 4.79 Å². The van der Waals surface area contributed by atoms with Crippen molar-refractivity contribution in [3.8, 4) is 6.07 Å². The highest BCUT2D eigenvalue weighted by molar-refractivity contribution is 5.95. The van der Waals surface area contributed by atoms with E-state index in [1.807, 2.05) is 6.07 Å². The van der Waals surface area contributed by atoms with E-state index in [4.69, 9.17) is 5.26 Å². The van der Waals surface area contributed by atoms with E-state index in [1.165, 1.54) is 17.0 Å².